The van der Waals surface area contributed by atoms with E-state index < -0.39 is 11.8 Å². The maximum Gasteiger partial charge on any atom is 0.312 e. The molecule has 0 aliphatic carbocycles. The number of fused-ring (bicyclic) bond motifs is 1. The minimum atomic E-state index is -0.423. The summed E-state index contributed by atoms with van der Waals surface area (Å²) in [7, 11) is 0. The van der Waals surface area contributed by atoms with Gasteiger partial charge in [0.25, 0.3) is 0 Å². The van der Waals surface area contributed by atoms with Gasteiger partial charge in [-0.25, -0.2) is 0 Å². The molecular formula is C17H22ClN3O2. The molecule has 1 aromatic rings. The van der Waals surface area contributed by atoms with Crippen molar-refractivity contribution in [3.8, 4) is 0 Å². The lowest BCUT2D eigenvalue weighted by atomic mass is 9.99. The van der Waals surface area contributed by atoms with Gasteiger partial charge in [-0.2, -0.15) is 0 Å². The van der Waals surface area contributed by atoms with Crippen LogP contribution in [0.1, 0.15) is 25.0 Å². The highest BCUT2D eigenvalue weighted by molar-refractivity contribution is 6.35. The third-order valence-corrected chi connectivity index (χ3v) is 4.90. The zero-order chi connectivity index (χ0) is 16.6. The Bertz CT molecular complexity index is 645. The monoisotopic (exact) mass is 335 g/mol. The molecule has 1 aromatic carbocycles. The second-order valence-electron chi connectivity index (χ2n) is 6.89. The smallest absolute Gasteiger partial charge is 0.312 e. The van der Waals surface area contributed by atoms with E-state index in [1.54, 1.807) is 9.80 Å². The molecule has 1 N–H and O–H groups in total. The van der Waals surface area contributed by atoms with Crippen LogP contribution < -0.4 is 5.32 Å². The molecule has 2 heterocycles. The Hall–Kier alpha value is -1.59. The first-order valence-corrected chi connectivity index (χ1v) is 8.35. The van der Waals surface area contributed by atoms with Gasteiger partial charge < -0.3 is 15.1 Å². The largest absolute Gasteiger partial charge is 0.331 e. The number of carbonyl (C=O) groups excluding carboxylic acids is 2. The van der Waals surface area contributed by atoms with Gasteiger partial charge in [0.15, 0.2) is 0 Å². The molecule has 0 spiro atoms. The van der Waals surface area contributed by atoms with Gasteiger partial charge in [-0.1, -0.05) is 23.7 Å². The number of benzene rings is 1. The van der Waals surface area contributed by atoms with E-state index in [2.05, 4.69) is 5.32 Å². The van der Waals surface area contributed by atoms with Crippen LogP contribution in [0, 0.1) is 0 Å². The number of halogens is 1. The van der Waals surface area contributed by atoms with Crippen molar-refractivity contribution < 1.29 is 9.59 Å². The van der Waals surface area contributed by atoms with Crippen molar-refractivity contribution in [3.05, 3.63) is 34.3 Å². The lowest BCUT2D eigenvalue weighted by Crippen LogP contribution is -2.60. The van der Waals surface area contributed by atoms with Crippen LogP contribution in [0.2, 0.25) is 5.02 Å². The number of hydrogen-bond donors (Lipinski definition) is 1. The van der Waals surface area contributed by atoms with E-state index in [1.807, 2.05) is 32.0 Å². The molecule has 23 heavy (non-hydrogen) atoms. The average molecular weight is 336 g/mol. The van der Waals surface area contributed by atoms with Crippen LogP contribution in [-0.4, -0.2) is 53.3 Å². The van der Waals surface area contributed by atoms with Gasteiger partial charge in [0, 0.05) is 43.3 Å². The molecule has 0 radical (unpaired) electrons. The summed E-state index contributed by atoms with van der Waals surface area (Å²) < 4.78 is 0. The van der Waals surface area contributed by atoms with Crippen LogP contribution in [0.4, 0.5) is 0 Å². The van der Waals surface area contributed by atoms with Crippen molar-refractivity contribution in [1.82, 2.24) is 15.1 Å². The molecular weight excluding hydrogens is 314 g/mol. The van der Waals surface area contributed by atoms with Gasteiger partial charge in [0.2, 0.25) is 0 Å². The topological polar surface area (TPSA) is 52.7 Å². The van der Waals surface area contributed by atoms with Crippen molar-refractivity contribution >= 4 is 23.4 Å². The van der Waals surface area contributed by atoms with Crippen LogP contribution in [0.25, 0.3) is 0 Å². The molecule has 6 heteroatoms. The molecule has 2 aliphatic rings. The summed E-state index contributed by atoms with van der Waals surface area (Å²) in [4.78, 5) is 28.4. The standard InChI is InChI=1S/C17H22ClN3O2/c1-17(2)11-21(9-7-19-17)16(23)15(22)20-8-6-12-4-3-5-14(18)13(12)10-20/h3-5,19H,6-11H2,1-2H3. The van der Waals surface area contributed by atoms with Gasteiger partial charge in [-0.05, 0) is 37.5 Å². The third kappa shape index (κ3) is 3.35. The molecule has 124 valence electrons. The van der Waals surface area contributed by atoms with Gasteiger partial charge in [-0.15, -0.1) is 0 Å². The van der Waals surface area contributed by atoms with Crippen LogP contribution in [0.5, 0.6) is 0 Å². The highest BCUT2D eigenvalue weighted by Crippen LogP contribution is 2.26. The van der Waals surface area contributed by atoms with Gasteiger partial charge in [0.1, 0.15) is 0 Å². The normalized spacial score (nSPS) is 20.1. The van der Waals surface area contributed by atoms with Crippen molar-refractivity contribution in [2.45, 2.75) is 32.4 Å². The van der Waals surface area contributed by atoms with Gasteiger partial charge >= 0.3 is 11.8 Å². The fraction of sp³-hybridized carbons (Fsp3) is 0.529. The second kappa shape index (κ2) is 6.13. The summed E-state index contributed by atoms with van der Waals surface area (Å²) in [6.45, 7) is 6.87. The number of carbonyl (C=O) groups is 2. The Morgan fingerprint density at radius 1 is 1.17 bits per heavy atom. The first kappa shape index (κ1) is 16.3. The molecule has 3 rings (SSSR count). The van der Waals surface area contributed by atoms with E-state index in [9.17, 15) is 9.59 Å². The molecule has 2 amide bonds. The number of nitrogens with one attached hydrogen (secondary N) is 1. The van der Waals surface area contributed by atoms with E-state index in [4.69, 9.17) is 11.6 Å². The Labute approximate surface area is 141 Å². The van der Waals surface area contributed by atoms with Gasteiger partial charge in [0.05, 0.1) is 0 Å². The maximum atomic E-state index is 12.6. The molecule has 0 saturated carbocycles. The molecule has 0 unspecified atom stereocenters. The zero-order valence-corrected chi connectivity index (χ0v) is 14.3. The minimum Gasteiger partial charge on any atom is -0.331 e. The second-order valence-corrected chi connectivity index (χ2v) is 7.30. The van der Waals surface area contributed by atoms with E-state index in [-0.39, 0.29) is 5.54 Å². The van der Waals surface area contributed by atoms with E-state index in [0.29, 0.717) is 37.7 Å². The fourth-order valence-corrected chi connectivity index (χ4v) is 3.55. The Morgan fingerprint density at radius 2 is 1.91 bits per heavy atom. The van der Waals surface area contributed by atoms with Crippen LogP contribution in [0.3, 0.4) is 0 Å². The summed E-state index contributed by atoms with van der Waals surface area (Å²) in [6.07, 6.45) is 0.738. The van der Waals surface area contributed by atoms with E-state index in [1.165, 1.54) is 0 Å². The number of hydrogen-bond acceptors (Lipinski definition) is 3. The summed E-state index contributed by atoms with van der Waals surface area (Å²) in [5.41, 5.74) is 1.96. The Kier molecular flexibility index (Phi) is 4.34. The zero-order valence-electron chi connectivity index (χ0n) is 13.6. The fourth-order valence-electron chi connectivity index (χ4n) is 3.30. The Morgan fingerprint density at radius 3 is 2.65 bits per heavy atom. The maximum absolute atomic E-state index is 12.6. The number of amides is 2. The molecule has 0 aromatic heterocycles. The van der Waals surface area contributed by atoms with Crippen LogP contribution >= 0.6 is 11.6 Å². The van der Waals surface area contributed by atoms with E-state index >= 15 is 0 Å². The summed E-state index contributed by atoms with van der Waals surface area (Å²) in [5, 5.41) is 4.01. The lowest BCUT2D eigenvalue weighted by molar-refractivity contribution is -0.153. The number of rotatable bonds is 0. The predicted molar refractivity (Wildman–Crippen MR) is 89.2 cm³/mol. The van der Waals surface area contributed by atoms with Crippen molar-refractivity contribution in [1.29, 1.82) is 0 Å². The molecule has 2 aliphatic heterocycles. The first-order valence-electron chi connectivity index (χ1n) is 7.97. The molecule has 1 saturated heterocycles. The molecule has 1 fully saturated rings. The number of nitrogens with zero attached hydrogens (tertiary/aromatic N) is 2. The summed E-state index contributed by atoms with van der Waals surface area (Å²) in [5.74, 6) is -0.830. The summed E-state index contributed by atoms with van der Waals surface area (Å²) in [6, 6.07) is 5.78. The van der Waals surface area contributed by atoms with Crippen molar-refractivity contribution in [2.75, 3.05) is 26.2 Å². The third-order valence-electron chi connectivity index (χ3n) is 4.54. The van der Waals surface area contributed by atoms with Crippen molar-refractivity contribution in [3.63, 3.8) is 0 Å². The quantitative estimate of drug-likeness (QED) is 0.730. The average Bonchev–Trinajstić information content (AvgIpc) is 2.52. The summed E-state index contributed by atoms with van der Waals surface area (Å²) >= 11 is 6.24. The van der Waals surface area contributed by atoms with Crippen LogP contribution in [-0.2, 0) is 22.6 Å². The lowest BCUT2D eigenvalue weighted by Gasteiger charge is -2.39. The van der Waals surface area contributed by atoms with Crippen molar-refractivity contribution in [2.24, 2.45) is 0 Å². The predicted octanol–water partition coefficient (Wildman–Crippen LogP) is 1.44. The Balaban J connectivity index is 1.71. The van der Waals surface area contributed by atoms with Gasteiger partial charge in [-0.3, -0.25) is 9.59 Å². The molecule has 0 atom stereocenters. The van der Waals surface area contributed by atoms with E-state index in [0.717, 1.165) is 17.5 Å². The molecule has 5 nitrogen and oxygen atoms in total. The number of piperazine rings is 1. The SMILES string of the molecule is CC1(C)CN(C(=O)C(=O)N2CCc3cccc(Cl)c3C2)CCN1. The highest BCUT2D eigenvalue weighted by atomic mass is 35.5. The minimum absolute atomic E-state index is 0.161. The highest BCUT2D eigenvalue weighted by Gasteiger charge is 2.34. The molecule has 0 bridgehead atoms. The van der Waals surface area contributed by atoms with Crippen LogP contribution in [0.15, 0.2) is 18.2 Å². The first-order chi connectivity index (χ1) is 10.9.